The van der Waals surface area contributed by atoms with E-state index in [2.05, 4.69) is 10.1 Å². The van der Waals surface area contributed by atoms with E-state index >= 15 is 0 Å². The van der Waals surface area contributed by atoms with Gasteiger partial charge in [0.05, 0.1) is 16.4 Å². The molecule has 4 rings (SSSR count). The van der Waals surface area contributed by atoms with Gasteiger partial charge in [-0.15, -0.1) is 0 Å². The fourth-order valence-electron chi connectivity index (χ4n) is 2.44. The van der Waals surface area contributed by atoms with Crippen molar-refractivity contribution in [2.45, 2.75) is 0 Å². The number of hydrogen-bond donors (Lipinski definition) is 2. The minimum absolute atomic E-state index is 0.0726. The molecule has 0 aliphatic carbocycles. The summed E-state index contributed by atoms with van der Waals surface area (Å²) >= 11 is 0. The first-order valence-corrected chi connectivity index (χ1v) is 6.42. The molecule has 0 spiro atoms. The number of hydrogen-bond acceptors (Lipinski definition) is 4. The number of phenolic OH excluding ortho intramolecular Hbond substituents is 1. The van der Waals surface area contributed by atoms with E-state index in [1.165, 1.54) is 12.1 Å². The topological polar surface area (TPSA) is 79.1 Å². The predicted molar refractivity (Wildman–Crippen MR) is 79.2 cm³/mol. The van der Waals surface area contributed by atoms with Crippen LogP contribution in [0.5, 0.6) is 5.75 Å². The predicted octanol–water partition coefficient (Wildman–Crippen LogP) is 3.04. The molecular formula is C16H10N2O3. The van der Waals surface area contributed by atoms with Crippen molar-refractivity contribution in [3.05, 3.63) is 58.9 Å². The Hall–Kier alpha value is -3.08. The standard InChI is InChI=1S/C16H10N2O3/c19-10-3-1-9(2-4-10)16-13-8-17-14-7-11(20)5-6-12(14)15(13)18-21-16/h1-8,18-19H. The Morgan fingerprint density at radius 2 is 1.86 bits per heavy atom. The van der Waals surface area contributed by atoms with Crippen LogP contribution in [0.3, 0.4) is 0 Å². The Bertz CT molecular complexity index is 1010. The van der Waals surface area contributed by atoms with E-state index in [1.807, 2.05) is 0 Å². The van der Waals surface area contributed by atoms with Gasteiger partial charge in [0.1, 0.15) is 5.75 Å². The quantitative estimate of drug-likeness (QED) is 0.561. The van der Waals surface area contributed by atoms with Crippen LogP contribution in [0.15, 0.2) is 58.0 Å². The number of pyridine rings is 1. The Morgan fingerprint density at radius 3 is 2.67 bits per heavy atom. The van der Waals surface area contributed by atoms with Crippen LogP contribution < -0.4 is 5.43 Å². The molecule has 2 aromatic carbocycles. The molecule has 0 saturated carbocycles. The Labute approximate surface area is 118 Å². The second kappa shape index (κ2) is 4.21. The SMILES string of the molecule is O=c1ccc2c(c1)ncc1c(-c3ccc(O)cc3)o[nH]c12. The number of aromatic nitrogens is 2. The normalized spacial score (nSPS) is 11.2. The summed E-state index contributed by atoms with van der Waals surface area (Å²) < 4.78 is 5.55. The molecule has 0 bridgehead atoms. The molecule has 5 heteroatoms. The third-order valence-corrected chi connectivity index (χ3v) is 3.47. The van der Waals surface area contributed by atoms with Crippen LogP contribution in [0.1, 0.15) is 0 Å². The minimum Gasteiger partial charge on any atom is -0.508 e. The van der Waals surface area contributed by atoms with Crippen LogP contribution in [-0.2, 0) is 0 Å². The maximum atomic E-state index is 11.4. The first-order chi connectivity index (χ1) is 10.2. The Balaban J connectivity index is 2.02. The lowest BCUT2D eigenvalue weighted by Crippen LogP contribution is -1.95. The second-order valence-electron chi connectivity index (χ2n) is 4.81. The lowest BCUT2D eigenvalue weighted by atomic mass is 10.1. The summed E-state index contributed by atoms with van der Waals surface area (Å²) in [6.45, 7) is 0. The van der Waals surface area contributed by atoms with Crippen molar-refractivity contribution in [2.75, 3.05) is 0 Å². The molecule has 102 valence electrons. The smallest absolute Gasteiger partial charge is 0.180 e. The van der Waals surface area contributed by atoms with Crippen molar-refractivity contribution >= 4 is 21.8 Å². The fraction of sp³-hybridized carbons (Fsp3) is 0. The van der Waals surface area contributed by atoms with E-state index in [-0.39, 0.29) is 11.2 Å². The summed E-state index contributed by atoms with van der Waals surface area (Å²) in [6, 6.07) is 11.5. The first kappa shape index (κ1) is 11.7. The fourth-order valence-corrected chi connectivity index (χ4v) is 2.44. The van der Waals surface area contributed by atoms with Crippen LogP contribution in [0.25, 0.3) is 33.1 Å². The molecule has 21 heavy (non-hydrogen) atoms. The molecule has 0 radical (unpaired) electrons. The molecule has 2 N–H and O–H groups in total. The van der Waals surface area contributed by atoms with Crippen molar-refractivity contribution in [2.24, 2.45) is 0 Å². The monoisotopic (exact) mass is 278 g/mol. The zero-order valence-corrected chi connectivity index (χ0v) is 10.8. The van der Waals surface area contributed by atoms with Crippen molar-refractivity contribution < 1.29 is 9.63 Å². The number of aromatic amines is 1. The number of aromatic hydroxyl groups is 1. The summed E-state index contributed by atoms with van der Waals surface area (Å²) in [6.07, 6.45) is 1.68. The van der Waals surface area contributed by atoms with Crippen molar-refractivity contribution in [1.29, 1.82) is 0 Å². The van der Waals surface area contributed by atoms with Gasteiger partial charge in [0.15, 0.2) is 11.2 Å². The van der Waals surface area contributed by atoms with Gasteiger partial charge in [-0.05, 0) is 36.4 Å². The van der Waals surface area contributed by atoms with Gasteiger partial charge < -0.3 is 9.63 Å². The zero-order chi connectivity index (χ0) is 14.4. The van der Waals surface area contributed by atoms with Crippen molar-refractivity contribution in [1.82, 2.24) is 10.1 Å². The van der Waals surface area contributed by atoms with Gasteiger partial charge in [-0.2, -0.15) is 0 Å². The van der Waals surface area contributed by atoms with Crippen molar-refractivity contribution in [3.63, 3.8) is 0 Å². The van der Waals surface area contributed by atoms with E-state index in [4.69, 9.17) is 4.52 Å². The first-order valence-electron chi connectivity index (χ1n) is 6.42. The lowest BCUT2D eigenvalue weighted by molar-refractivity contribution is 0.441. The summed E-state index contributed by atoms with van der Waals surface area (Å²) in [7, 11) is 0. The number of nitrogens with one attached hydrogen (secondary N) is 1. The van der Waals surface area contributed by atoms with Gasteiger partial charge in [-0.1, -0.05) is 0 Å². The maximum Gasteiger partial charge on any atom is 0.180 e. The van der Waals surface area contributed by atoms with Crippen LogP contribution in [0.2, 0.25) is 0 Å². The molecule has 4 aromatic rings. The van der Waals surface area contributed by atoms with Gasteiger partial charge in [-0.25, -0.2) is 5.16 Å². The number of benzene rings is 2. The van der Waals surface area contributed by atoms with Gasteiger partial charge >= 0.3 is 0 Å². The average Bonchev–Trinajstić information content (AvgIpc) is 2.92. The van der Waals surface area contributed by atoms with Gasteiger partial charge in [0.2, 0.25) is 0 Å². The van der Waals surface area contributed by atoms with Crippen LogP contribution in [0, 0.1) is 0 Å². The highest BCUT2D eigenvalue weighted by Crippen LogP contribution is 2.32. The molecule has 2 heterocycles. The van der Waals surface area contributed by atoms with E-state index in [0.717, 1.165) is 21.9 Å². The minimum atomic E-state index is -0.0726. The van der Waals surface area contributed by atoms with E-state index < -0.39 is 0 Å². The molecular weight excluding hydrogens is 268 g/mol. The maximum absolute atomic E-state index is 11.4. The van der Waals surface area contributed by atoms with Gasteiger partial charge in [-0.3, -0.25) is 9.78 Å². The molecule has 0 aliphatic heterocycles. The van der Waals surface area contributed by atoms with Gasteiger partial charge in [0, 0.05) is 23.2 Å². The number of phenols is 1. The lowest BCUT2D eigenvalue weighted by Gasteiger charge is -1.99. The third-order valence-electron chi connectivity index (χ3n) is 3.47. The van der Waals surface area contributed by atoms with Crippen molar-refractivity contribution in [3.8, 4) is 17.1 Å². The Kier molecular flexibility index (Phi) is 2.35. The highest BCUT2D eigenvalue weighted by molar-refractivity contribution is 6.06. The molecule has 0 unspecified atom stereocenters. The molecule has 0 aliphatic rings. The second-order valence-corrected chi connectivity index (χ2v) is 4.81. The molecule has 0 fully saturated rings. The number of H-pyrrole nitrogens is 1. The molecule has 5 nitrogen and oxygen atoms in total. The van der Waals surface area contributed by atoms with E-state index in [0.29, 0.717) is 11.3 Å². The zero-order valence-electron chi connectivity index (χ0n) is 10.8. The van der Waals surface area contributed by atoms with Gasteiger partial charge in [0.25, 0.3) is 0 Å². The van der Waals surface area contributed by atoms with Crippen LogP contribution in [0.4, 0.5) is 0 Å². The molecule has 0 saturated heterocycles. The summed E-state index contributed by atoms with van der Waals surface area (Å²) in [4.78, 5) is 15.7. The number of nitrogens with zero attached hydrogens (tertiary/aromatic N) is 1. The number of rotatable bonds is 1. The van der Waals surface area contributed by atoms with E-state index in [1.54, 1.807) is 36.5 Å². The van der Waals surface area contributed by atoms with E-state index in [9.17, 15) is 9.90 Å². The Morgan fingerprint density at radius 1 is 1.05 bits per heavy atom. The molecule has 0 atom stereocenters. The highest BCUT2D eigenvalue weighted by Gasteiger charge is 2.12. The summed E-state index contributed by atoms with van der Waals surface area (Å²) in [5.41, 5.74) is 2.18. The molecule has 0 amide bonds. The van der Waals surface area contributed by atoms with Crippen LogP contribution >= 0.6 is 0 Å². The van der Waals surface area contributed by atoms with Crippen LogP contribution in [-0.4, -0.2) is 15.2 Å². The average molecular weight is 278 g/mol. The third kappa shape index (κ3) is 1.79. The molecule has 2 aromatic heterocycles. The largest absolute Gasteiger partial charge is 0.508 e. The number of fused-ring (bicyclic) bond motifs is 3. The summed E-state index contributed by atoms with van der Waals surface area (Å²) in [5.74, 6) is 0.843. The highest BCUT2D eigenvalue weighted by atomic mass is 16.5. The summed E-state index contributed by atoms with van der Waals surface area (Å²) in [5, 5.41) is 13.9.